The Kier molecular flexibility index (Phi) is 5.48. The number of benzene rings is 1. The summed E-state index contributed by atoms with van der Waals surface area (Å²) in [4.78, 5) is 36.9. The first-order chi connectivity index (χ1) is 14.5. The van der Waals surface area contributed by atoms with Crippen molar-refractivity contribution in [3.63, 3.8) is 0 Å². The topological polar surface area (TPSA) is 111 Å². The van der Waals surface area contributed by atoms with Crippen molar-refractivity contribution in [1.29, 1.82) is 0 Å². The van der Waals surface area contributed by atoms with Gasteiger partial charge in [0.2, 0.25) is 5.91 Å². The number of thiazole rings is 1. The highest BCUT2D eigenvalue weighted by atomic mass is 32.1. The number of esters is 1. The van der Waals surface area contributed by atoms with Gasteiger partial charge in [-0.1, -0.05) is 17.7 Å². The lowest BCUT2D eigenvalue weighted by Crippen LogP contribution is -2.14. The van der Waals surface area contributed by atoms with Crippen molar-refractivity contribution in [2.45, 2.75) is 26.9 Å². The van der Waals surface area contributed by atoms with Crippen LogP contribution >= 0.6 is 11.3 Å². The van der Waals surface area contributed by atoms with Crippen molar-refractivity contribution in [2.24, 2.45) is 0 Å². The van der Waals surface area contributed by atoms with Gasteiger partial charge < -0.3 is 10.1 Å². The highest BCUT2D eigenvalue weighted by molar-refractivity contribution is 7.09. The molecular weight excluding hydrogens is 404 g/mol. The lowest BCUT2D eigenvalue weighted by Gasteiger charge is -2.04. The van der Waals surface area contributed by atoms with E-state index in [4.69, 9.17) is 4.74 Å². The molecule has 0 aliphatic heterocycles. The number of aromatic nitrogens is 5. The van der Waals surface area contributed by atoms with Crippen molar-refractivity contribution < 1.29 is 14.3 Å². The van der Waals surface area contributed by atoms with Crippen LogP contribution in [0.15, 0.2) is 41.9 Å². The van der Waals surface area contributed by atoms with E-state index >= 15 is 0 Å². The highest BCUT2D eigenvalue weighted by Crippen LogP contribution is 2.14. The number of ether oxygens (including phenoxy) is 1. The van der Waals surface area contributed by atoms with Crippen molar-refractivity contribution in [3.05, 3.63) is 69.7 Å². The van der Waals surface area contributed by atoms with E-state index in [2.05, 4.69) is 25.4 Å². The van der Waals surface area contributed by atoms with Crippen molar-refractivity contribution in [3.8, 4) is 0 Å². The Morgan fingerprint density at radius 2 is 1.93 bits per heavy atom. The Morgan fingerprint density at radius 3 is 2.70 bits per heavy atom. The molecule has 0 unspecified atom stereocenters. The van der Waals surface area contributed by atoms with E-state index in [0.29, 0.717) is 16.5 Å². The van der Waals surface area contributed by atoms with Crippen LogP contribution in [0.25, 0.3) is 5.78 Å². The number of anilines is 1. The standard InChI is InChI=1S/C20H18N6O3S/c1-12-3-5-14(6-4-12)22-16(27)9-17-23-15(11-30-17)10-29-19(28)18-24-20-21-8-7-13(2)26(20)25-18/h3-8,11H,9-10H2,1-2H3,(H,22,27). The van der Waals surface area contributed by atoms with Crippen LogP contribution in [0.4, 0.5) is 5.69 Å². The second-order valence-electron chi connectivity index (χ2n) is 6.63. The zero-order chi connectivity index (χ0) is 21.1. The molecule has 4 rings (SSSR count). The predicted molar refractivity (Wildman–Crippen MR) is 110 cm³/mol. The molecule has 152 valence electrons. The summed E-state index contributed by atoms with van der Waals surface area (Å²) < 4.78 is 6.72. The monoisotopic (exact) mass is 422 g/mol. The van der Waals surface area contributed by atoms with Gasteiger partial charge in [-0.05, 0) is 32.0 Å². The average molecular weight is 422 g/mol. The largest absolute Gasteiger partial charge is 0.453 e. The fourth-order valence-electron chi connectivity index (χ4n) is 2.67. The van der Waals surface area contributed by atoms with E-state index in [1.807, 2.05) is 38.1 Å². The van der Waals surface area contributed by atoms with Crippen LogP contribution in [-0.4, -0.2) is 36.4 Å². The van der Waals surface area contributed by atoms with Crippen LogP contribution in [0.1, 0.15) is 32.6 Å². The third-order valence-electron chi connectivity index (χ3n) is 4.21. The van der Waals surface area contributed by atoms with Crippen LogP contribution in [-0.2, 0) is 22.6 Å². The summed E-state index contributed by atoms with van der Waals surface area (Å²) in [5.74, 6) is -0.553. The molecule has 0 aliphatic carbocycles. The van der Waals surface area contributed by atoms with Gasteiger partial charge in [-0.25, -0.2) is 19.3 Å². The molecule has 0 spiro atoms. The molecule has 4 aromatic rings. The molecule has 0 aliphatic rings. The van der Waals surface area contributed by atoms with Gasteiger partial charge in [0.15, 0.2) is 0 Å². The minimum atomic E-state index is -0.661. The van der Waals surface area contributed by atoms with Gasteiger partial charge in [0.1, 0.15) is 11.6 Å². The number of hydrogen-bond donors (Lipinski definition) is 1. The summed E-state index contributed by atoms with van der Waals surface area (Å²) in [5.41, 5.74) is 3.22. The van der Waals surface area contributed by atoms with Crippen LogP contribution in [0.5, 0.6) is 0 Å². The normalized spacial score (nSPS) is 10.9. The van der Waals surface area contributed by atoms with Gasteiger partial charge in [-0.2, -0.15) is 4.98 Å². The molecule has 10 heteroatoms. The number of carbonyl (C=O) groups excluding carboxylic acids is 2. The Morgan fingerprint density at radius 1 is 1.13 bits per heavy atom. The van der Waals surface area contributed by atoms with Crippen molar-refractivity contribution in [2.75, 3.05) is 5.32 Å². The lowest BCUT2D eigenvalue weighted by molar-refractivity contribution is -0.115. The maximum atomic E-state index is 12.2. The molecule has 9 nitrogen and oxygen atoms in total. The molecule has 0 saturated heterocycles. The predicted octanol–water partition coefficient (Wildman–Crippen LogP) is 2.74. The maximum absolute atomic E-state index is 12.2. The number of fused-ring (bicyclic) bond motifs is 1. The van der Waals surface area contributed by atoms with E-state index < -0.39 is 5.97 Å². The minimum Gasteiger partial charge on any atom is -0.453 e. The van der Waals surface area contributed by atoms with Crippen LogP contribution in [0.2, 0.25) is 0 Å². The van der Waals surface area contributed by atoms with E-state index in [1.165, 1.54) is 15.9 Å². The number of hydrogen-bond acceptors (Lipinski definition) is 8. The Bertz CT molecular complexity index is 1210. The maximum Gasteiger partial charge on any atom is 0.378 e. The molecule has 3 aromatic heterocycles. The van der Waals surface area contributed by atoms with Gasteiger partial charge in [-0.15, -0.1) is 16.4 Å². The number of nitrogens with one attached hydrogen (secondary N) is 1. The Balaban J connectivity index is 1.32. The van der Waals surface area contributed by atoms with Gasteiger partial charge >= 0.3 is 5.97 Å². The first-order valence-corrected chi connectivity index (χ1v) is 10.0. The fraction of sp³-hybridized carbons (Fsp3) is 0.200. The van der Waals surface area contributed by atoms with Crippen molar-refractivity contribution >= 4 is 34.7 Å². The number of amides is 1. The molecule has 30 heavy (non-hydrogen) atoms. The zero-order valence-corrected chi connectivity index (χ0v) is 17.1. The third-order valence-corrected chi connectivity index (χ3v) is 5.11. The van der Waals surface area contributed by atoms with E-state index in [-0.39, 0.29) is 24.8 Å². The van der Waals surface area contributed by atoms with Gasteiger partial charge in [0, 0.05) is 23.0 Å². The third kappa shape index (κ3) is 4.49. The molecule has 0 saturated carbocycles. The zero-order valence-electron chi connectivity index (χ0n) is 16.3. The van der Waals surface area contributed by atoms with Crippen molar-refractivity contribution in [1.82, 2.24) is 24.6 Å². The highest BCUT2D eigenvalue weighted by Gasteiger charge is 2.17. The van der Waals surface area contributed by atoms with E-state index in [9.17, 15) is 9.59 Å². The van der Waals surface area contributed by atoms with Gasteiger partial charge in [0.25, 0.3) is 11.6 Å². The molecular formula is C20H18N6O3S. The average Bonchev–Trinajstić information content (AvgIpc) is 3.35. The lowest BCUT2D eigenvalue weighted by atomic mass is 10.2. The summed E-state index contributed by atoms with van der Waals surface area (Å²) in [6.45, 7) is 3.79. The number of rotatable bonds is 6. The molecule has 1 N–H and O–H groups in total. The van der Waals surface area contributed by atoms with Crippen LogP contribution < -0.4 is 5.32 Å². The second-order valence-corrected chi connectivity index (χ2v) is 7.58. The summed E-state index contributed by atoms with van der Waals surface area (Å²) in [6, 6.07) is 9.33. The van der Waals surface area contributed by atoms with E-state index in [0.717, 1.165) is 16.9 Å². The molecule has 0 bridgehead atoms. The summed E-state index contributed by atoms with van der Waals surface area (Å²) in [5, 5.41) is 9.34. The molecule has 3 heterocycles. The molecule has 0 atom stereocenters. The fourth-order valence-corrected chi connectivity index (χ4v) is 3.45. The van der Waals surface area contributed by atoms with E-state index in [1.54, 1.807) is 17.6 Å². The first kappa shape index (κ1) is 19.6. The summed E-state index contributed by atoms with van der Waals surface area (Å²) >= 11 is 1.34. The molecule has 0 radical (unpaired) electrons. The van der Waals surface area contributed by atoms with Gasteiger partial charge in [-0.3, -0.25) is 4.79 Å². The summed E-state index contributed by atoms with van der Waals surface area (Å²) in [7, 11) is 0. The first-order valence-electron chi connectivity index (χ1n) is 9.13. The summed E-state index contributed by atoms with van der Waals surface area (Å²) in [6.07, 6.45) is 1.74. The minimum absolute atomic E-state index is 0.0309. The number of carbonyl (C=O) groups is 2. The smallest absolute Gasteiger partial charge is 0.378 e. The quantitative estimate of drug-likeness (QED) is 0.476. The molecule has 1 aromatic carbocycles. The van der Waals surface area contributed by atoms with Crippen LogP contribution in [0.3, 0.4) is 0 Å². The Hall–Kier alpha value is -3.66. The SMILES string of the molecule is Cc1ccc(NC(=O)Cc2nc(COC(=O)c3nc4nccc(C)n4n3)cs2)cc1. The number of nitrogens with zero attached hydrogens (tertiary/aromatic N) is 5. The second kappa shape index (κ2) is 8.37. The molecule has 0 fully saturated rings. The Labute approximate surface area is 175 Å². The number of aryl methyl sites for hydroxylation is 2. The van der Waals surface area contributed by atoms with Crippen LogP contribution in [0, 0.1) is 13.8 Å². The van der Waals surface area contributed by atoms with Gasteiger partial charge in [0.05, 0.1) is 12.1 Å². The molecule has 1 amide bonds.